The predicted molar refractivity (Wildman–Crippen MR) is 44.4 cm³/mol. The molecule has 5 nitrogen and oxygen atoms in total. The zero-order chi connectivity index (χ0) is 10.5. The first-order valence-corrected chi connectivity index (χ1v) is 4.24. The quantitative estimate of drug-likeness (QED) is 0.587. The van der Waals surface area contributed by atoms with Gasteiger partial charge in [0.1, 0.15) is 0 Å². The van der Waals surface area contributed by atoms with Crippen molar-refractivity contribution in [3.05, 3.63) is 11.8 Å². The number of carbonyl (C=O) groups excluding carboxylic acids is 2. The average Bonchev–Trinajstić information content (AvgIpc) is 2.88. The molecule has 1 aliphatic heterocycles. The highest BCUT2D eigenvalue weighted by Crippen LogP contribution is 2.45. The van der Waals surface area contributed by atoms with Gasteiger partial charge in [-0.3, -0.25) is 9.59 Å². The van der Waals surface area contributed by atoms with E-state index in [2.05, 4.69) is 0 Å². The van der Waals surface area contributed by atoms with Crippen LogP contribution >= 0.6 is 0 Å². The molecule has 1 fully saturated rings. The van der Waals surface area contributed by atoms with Gasteiger partial charge in [0.2, 0.25) is 5.78 Å². The van der Waals surface area contributed by atoms with Crippen molar-refractivity contribution in [1.29, 1.82) is 0 Å². The molecule has 0 radical (unpaired) electrons. The second-order valence-electron chi connectivity index (χ2n) is 3.41. The number of Topliss-reactive ketones (excluding diaryl/α,β-unsaturated/α-hetero) is 1. The number of ether oxygens (including phenoxy) is 2. The van der Waals surface area contributed by atoms with Crippen molar-refractivity contribution in [2.75, 3.05) is 7.11 Å². The summed E-state index contributed by atoms with van der Waals surface area (Å²) in [6, 6.07) is 0. The predicted octanol–water partition coefficient (Wildman–Crippen LogP) is -0.813. The van der Waals surface area contributed by atoms with E-state index in [0.717, 1.165) is 6.08 Å². The van der Waals surface area contributed by atoms with Crippen molar-refractivity contribution >= 4 is 11.6 Å². The molecule has 1 heterocycles. The Labute approximate surface area is 80.3 Å². The first-order chi connectivity index (χ1) is 6.54. The van der Waals surface area contributed by atoms with Crippen LogP contribution in [0.15, 0.2) is 11.8 Å². The minimum atomic E-state index is -1.33. The number of aliphatic hydroxyl groups is 1. The molecule has 1 N–H and O–H groups in total. The Kier molecular flexibility index (Phi) is 1.77. The van der Waals surface area contributed by atoms with Crippen molar-refractivity contribution in [3.63, 3.8) is 0 Å². The Morgan fingerprint density at radius 1 is 1.64 bits per heavy atom. The fraction of sp³-hybridized carbons (Fsp3) is 0.556. The second-order valence-corrected chi connectivity index (χ2v) is 3.41. The van der Waals surface area contributed by atoms with E-state index in [4.69, 9.17) is 9.47 Å². The van der Waals surface area contributed by atoms with Crippen LogP contribution in [0.4, 0.5) is 0 Å². The zero-order valence-corrected chi connectivity index (χ0v) is 7.81. The lowest BCUT2D eigenvalue weighted by Crippen LogP contribution is -2.43. The highest BCUT2D eigenvalue weighted by Gasteiger charge is 2.70. The maximum absolute atomic E-state index is 11.5. The first-order valence-electron chi connectivity index (χ1n) is 4.24. The van der Waals surface area contributed by atoms with Gasteiger partial charge in [-0.2, -0.15) is 0 Å². The highest BCUT2D eigenvalue weighted by atomic mass is 16.6. The number of hydrogen-bond donors (Lipinski definition) is 1. The largest absolute Gasteiger partial charge is 0.493 e. The number of aliphatic hydroxyl groups excluding tert-OH is 1. The lowest BCUT2D eigenvalue weighted by atomic mass is 9.87. The Hall–Kier alpha value is -1.20. The summed E-state index contributed by atoms with van der Waals surface area (Å²) in [4.78, 5) is 23.0. The van der Waals surface area contributed by atoms with Crippen LogP contribution in [0.25, 0.3) is 0 Å². The van der Waals surface area contributed by atoms with E-state index in [9.17, 15) is 14.7 Å². The average molecular weight is 198 g/mol. The Morgan fingerprint density at radius 3 is 2.79 bits per heavy atom. The van der Waals surface area contributed by atoms with Gasteiger partial charge in [0, 0.05) is 6.08 Å². The van der Waals surface area contributed by atoms with Gasteiger partial charge in [0.25, 0.3) is 0 Å². The summed E-state index contributed by atoms with van der Waals surface area (Å²) in [6.07, 6.45) is -0.771. The molecule has 3 unspecified atom stereocenters. The molecular formula is C9H10O5. The van der Waals surface area contributed by atoms with E-state index < -0.39 is 23.6 Å². The lowest BCUT2D eigenvalue weighted by molar-refractivity contribution is -0.126. The van der Waals surface area contributed by atoms with E-state index in [0.29, 0.717) is 0 Å². The topological polar surface area (TPSA) is 76.1 Å². The molecule has 0 aromatic heterocycles. The Balaban J connectivity index is 2.38. The van der Waals surface area contributed by atoms with Crippen molar-refractivity contribution < 1.29 is 24.2 Å². The second kappa shape index (κ2) is 2.65. The van der Waals surface area contributed by atoms with E-state index >= 15 is 0 Å². The summed E-state index contributed by atoms with van der Waals surface area (Å²) < 4.78 is 9.73. The summed E-state index contributed by atoms with van der Waals surface area (Å²) in [7, 11) is 1.31. The third-order valence-electron chi connectivity index (χ3n) is 2.61. The molecule has 14 heavy (non-hydrogen) atoms. The van der Waals surface area contributed by atoms with E-state index in [1.807, 2.05) is 0 Å². The molecule has 0 spiro atoms. The van der Waals surface area contributed by atoms with E-state index in [1.54, 1.807) is 0 Å². The Bertz CT molecular complexity index is 343. The van der Waals surface area contributed by atoms with E-state index in [-0.39, 0.29) is 11.5 Å². The minimum absolute atomic E-state index is 0.00576. The van der Waals surface area contributed by atoms with Crippen LogP contribution in [0, 0.1) is 0 Å². The third-order valence-corrected chi connectivity index (χ3v) is 2.61. The maximum atomic E-state index is 11.5. The maximum Gasteiger partial charge on any atom is 0.229 e. The molecule has 1 aliphatic carbocycles. The van der Waals surface area contributed by atoms with Crippen LogP contribution in [0.5, 0.6) is 0 Å². The van der Waals surface area contributed by atoms with Crippen LogP contribution in [0.2, 0.25) is 0 Å². The van der Waals surface area contributed by atoms with Gasteiger partial charge < -0.3 is 14.6 Å². The molecule has 0 saturated carbocycles. The smallest absolute Gasteiger partial charge is 0.229 e. The SMILES string of the molecule is COC1=CC(=O)C2(C(C)O)OC2C1=O. The van der Waals surface area contributed by atoms with Crippen LogP contribution < -0.4 is 0 Å². The molecule has 3 atom stereocenters. The standard InChI is InChI=1S/C9H10O5/c1-4(10)9-6(11)3-5(13-2)7(12)8(9)14-9/h3-4,8,10H,1-2H3. The summed E-state index contributed by atoms with van der Waals surface area (Å²) in [5.74, 6) is -0.796. The van der Waals surface area contributed by atoms with Crippen molar-refractivity contribution in [1.82, 2.24) is 0 Å². The molecule has 0 aromatic rings. The number of carbonyl (C=O) groups is 2. The first kappa shape index (κ1) is 9.36. The molecule has 0 amide bonds. The number of fused-ring (bicyclic) bond motifs is 1. The van der Waals surface area contributed by atoms with Gasteiger partial charge in [0.15, 0.2) is 23.2 Å². The molecule has 2 rings (SSSR count). The normalized spacial score (nSPS) is 37.4. The van der Waals surface area contributed by atoms with Gasteiger partial charge in [-0.15, -0.1) is 0 Å². The monoisotopic (exact) mass is 198 g/mol. The molecule has 0 bridgehead atoms. The number of hydrogen-bond acceptors (Lipinski definition) is 5. The van der Waals surface area contributed by atoms with Gasteiger partial charge in [-0.25, -0.2) is 0 Å². The van der Waals surface area contributed by atoms with Crippen LogP contribution in [-0.4, -0.2) is 41.6 Å². The number of methoxy groups -OCH3 is 1. The Morgan fingerprint density at radius 2 is 2.29 bits per heavy atom. The number of rotatable bonds is 2. The molecule has 1 saturated heterocycles. The van der Waals surface area contributed by atoms with Crippen molar-refractivity contribution in [2.24, 2.45) is 0 Å². The highest BCUT2D eigenvalue weighted by molar-refractivity contribution is 6.17. The molecule has 2 aliphatic rings. The van der Waals surface area contributed by atoms with Crippen molar-refractivity contribution in [2.45, 2.75) is 24.7 Å². The van der Waals surface area contributed by atoms with Gasteiger partial charge >= 0.3 is 0 Å². The molecular weight excluding hydrogens is 188 g/mol. The van der Waals surface area contributed by atoms with Crippen LogP contribution in [0.3, 0.4) is 0 Å². The van der Waals surface area contributed by atoms with Gasteiger partial charge in [0.05, 0.1) is 13.2 Å². The summed E-state index contributed by atoms with van der Waals surface area (Å²) in [5.41, 5.74) is -1.33. The van der Waals surface area contributed by atoms with Crippen molar-refractivity contribution in [3.8, 4) is 0 Å². The summed E-state index contributed by atoms with van der Waals surface area (Å²) in [5, 5.41) is 9.36. The molecule has 5 heteroatoms. The number of epoxide rings is 1. The fourth-order valence-electron chi connectivity index (χ4n) is 1.71. The summed E-state index contributed by atoms with van der Waals surface area (Å²) >= 11 is 0. The van der Waals surface area contributed by atoms with Crippen LogP contribution in [0.1, 0.15) is 6.92 Å². The van der Waals surface area contributed by atoms with Gasteiger partial charge in [-0.05, 0) is 6.92 Å². The van der Waals surface area contributed by atoms with E-state index in [1.165, 1.54) is 14.0 Å². The molecule has 0 aromatic carbocycles. The zero-order valence-electron chi connectivity index (χ0n) is 7.81. The third kappa shape index (κ3) is 0.908. The van der Waals surface area contributed by atoms with Gasteiger partial charge in [-0.1, -0.05) is 0 Å². The fourth-order valence-corrected chi connectivity index (χ4v) is 1.71. The lowest BCUT2D eigenvalue weighted by Gasteiger charge is -2.16. The minimum Gasteiger partial charge on any atom is -0.493 e. The summed E-state index contributed by atoms with van der Waals surface area (Å²) in [6.45, 7) is 1.43. The molecule has 76 valence electrons. The van der Waals surface area contributed by atoms with Crippen LogP contribution in [-0.2, 0) is 19.1 Å². The number of ketones is 2.